The molecule has 3 rings (SSSR count). The summed E-state index contributed by atoms with van der Waals surface area (Å²) in [6.07, 6.45) is 3.30. The van der Waals surface area contributed by atoms with E-state index in [4.69, 9.17) is 20.6 Å². The van der Waals surface area contributed by atoms with Gasteiger partial charge in [0.05, 0.1) is 33.0 Å². The van der Waals surface area contributed by atoms with Gasteiger partial charge in [0.25, 0.3) is 5.91 Å². The molecule has 3 amide bonds. The van der Waals surface area contributed by atoms with Crippen LogP contribution in [0, 0.1) is 12.3 Å². The quantitative estimate of drug-likeness (QED) is 0.114. The van der Waals surface area contributed by atoms with Crippen LogP contribution < -0.4 is 10.1 Å². The number of benzene rings is 2. The van der Waals surface area contributed by atoms with E-state index in [0.29, 0.717) is 64.3 Å². The number of halogens is 3. The van der Waals surface area contributed by atoms with Crippen molar-refractivity contribution in [1.82, 2.24) is 15.1 Å². The lowest BCUT2D eigenvalue weighted by Crippen LogP contribution is -2.36. The SMILES string of the molecule is C#CCCCC(=O)NCCOCCOCCN(CCCOc1ccc(CN(C)C=O)cc1)C(=O)c1ccc(C2(C(F)(F)F)N=N2)cc1. The Kier molecular flexibility index (Phi) is 14.6. The molecule has 254 valence electrons. The van der Waals surface area contributed by atoms with Crippen LogP contribution in [0.15, 0.2) is 58.8 Å². The summed E-state index contributed by atoms with van der Waals surface area (Å²) < 4.78 is 57.1. The lowest BCUT2D eigenvalue weighted by atomic mass is 10.0. The number of nitrogens with one attached hydrogen (secondary N) is 1. The summed E-state index contributed by atoms with van der Waals surface area (Å²) in [6, 6.07) is 12.4. The fourth-order valence-corrected chi connectivity index (χ4v) is 4.45. The average molecular weight is 660 g/mol. The van der Waals surface area contributed by atoms with Crippen molar-refractivity contribution in [2.24, 2.45) is 10.2 Å². The van der Waals surface area contributed by atoms with E-state index in [1.807, 2.05) is 12.1 Å². The maximum absolute atomic E-state index is 13.4. The van der Waals surface area contributed by atoms with Crippen LogP contribution in [0.25, 0.3) is 0 Å². The lowest BCUT2D eigenvalue weighted by Gasteiger charge is -2.23. The van der Waals surface area contributed by atoms with Gasteiger partial charge in [-0.2, -0.15) is 13.2 Å². The van der Waals surface area contributed by atoms with Crippen LogP contribution in [0.1, 0.15) is 47.2 Å². The van der Waals surface area contributed by atoms with E-state index in [1.165, 1.54) is 29.2 Å². The van der Waals surface area contributed by atoms with Gasteiger partial charge in [-0.15, -0.1) is 22.6 Å². The van der Waals surface area contributed by atoms with Gasteiger partial charge in [0.2, 0.25) is 12.3 Å². The molecule has 0 radical (unpaired) electrons. The Morgan fingerprint density at radius 2 is 1.64 bits per heavy atom. The molecule has 47 heavy (non-hydrogen) atoms. The largest absolute Gasteiger partial charge is 0.494 e. The van der Waals surface area contributed by atoms with Crippen LogP contribution in [0.3, 0.4) is 0 Å². The number of ether oxygens (including phenoxy) is 3. The molecule has 0 atom stereocenters. The summed E-state index contributed by atoms with van der Waals surface area (Å²) in [7, 11) is 1.69. The summed E-state index contributed by atoms with van der Waals surface area (Å²) >= 11 is 0. The maximum atomic E-state index is 13.4. The molecule has 0 spiro atoms. The van der Waals surface area contributed by atoms with Crippen LogP contribution in [0.5, 0.6) is 5.75 Å². The van der Waals surface area contributed by atoms with Crippen molar-refractivity contribution in [3.8, 4) is 18.1 Å². The molecule has 0 bridgehead atoms. The first kappa shape index (κ1) is 37.0. The molecule has 1 aliphatic rings. The van der Waals surface area contributed by atoms with E-state index in [1.54, 1.807) is 24.1 Å². The molecule has 2 aromatic rings. The molecule has 0 fully saturated rings. The van der Waals surface area contributed by atoms with Gasteiger partial charge in [-0.25, -0.2) is 0 Å². The molecule has 1 heterocycles. The first-order valence-corrected chi connectivity index (χ1v) is 15.2. The summed E-state index contributed by atoms with van der Waals surface area (Å²) in [5.41, 5.74) is -1.55. The molecule has 14 heteroatoms. The molecule has 0 saturated heterocycles. The number of carbonyl (C=O) groups is 3. The van der Waals surface area contributed by atoms with Crippen LogP contribution in [-0.4, -0.2) is 93.9 Å². The second-order valence-electron chi connectivity index (χ2n) is 10.7. The standard InChI is InChI=1S/C33H40F3N5O6/c1-3-4-5-7-30(43)37-16-20-45-22-23-46-21-18-41(17-6-19-47-29-14-8-26(9-15-29)24-40(2)25-42)31(44)27-10-12-28(13-11-27)32(38-39-32)33(34,35)36/h1,8-15,25H,4-7,16-24H2,2H3,(H,37,43). The molecule has 11 nitrogen and oxygen atoms in total. The number of carbonyl (C=O) groups excluding carboxylic acids is 3. The van der Waals surface area contributed by atoms with E-state index >= 15 is 0 Å². The van der Waals surface area contributed by atoms with Gasteiger partial charge in [-0.1, -0.05) is 24.3 Å². The highest BCUT2D eigenvalue weighted by molar-refractivity contribution is 5.94. The second kappa shape index (κ2) is 18.6. The van der Waals surface area contributed by atoms with E-state index in [0.717, 1.165) is 12.0 Å². The smallest absolute Gasteiger partial charge is 0.442 e. The van der Waals surface area contributed by atoms with Crippen LogP contribution in [0.4, 0.5) is 13.2 Å². The zero-order valence-electron chi connectivity index (χ0n) is 26.3. The number of nitrogens with zero attached hydrogens (tertiary/aromatic N) is 4. The van der Waals surface area contributed by atoms with Crippen LogP contribution in [-0.2, 0) is 31.3 Å². The Hall–Kier alpha value is -4.48. The Morgan fingerprint density at radius 1 is 0.957 bits per heavy atom. The van der Waals surface area contributed by atoms with Gasteiger partial charge < -0.3 is 29.3 Å². The topological polar surface area (TPSA) is 122 Å². The fourth-order valence-electron chi connectivity index (χ4n) is 4.45. The summed E-state index contributed by atoms with van der Waals surface area (Å²) in [5, 5.41) is 9.16. The van der Waals surface area contributed by atoms with E-state index in [9.17, 15) is 27.6 Å². The van der Waals surface area contributed by atoms with Gasteiger partial charge in [-0.05, 0) is 42.7 Å². The first-order chi connectivity index (χ1) is 22.6. The van der Waals surface area contributed by atoms with Gasteiger partial charge in [0.15, 0.2) is 0 Å². The normalized spacial score (nSPS) is 13.0. The molecule has 0 aliphatic carbocycles. The number of unbranched alkanes of at least 4 members (excludes halogenated alkanes) is 1. The number of alkyl halides is 3. The Bertz CT molecular complexity index is 1360. The van der Waals surface area contributed by atoms with Crippen molar-refractivity contribution in [3.63, 3.8) is 0 Å². The Morgan fingerprint density at radius 3 is 2.26 bits per heavy atom. The highest BCUT2D eigenvalue weighted by Gasteiger charge is 2.65. The zero-order chi connectivity index (χ0) is 34.1. The second-order valence-corrected chi connectivity index (χ2v) is 10.7. The Balaban J connectivity index is 1.47. The predicted octanol–water partition coefficient (Wildman–Crippen LogP) is 4.32. The maximum Gasteiger partial charge on any atom is 0.442 e. The highest BCUT2D eigenvalue weighted by atomic mass is 19.4. The van der Waals surface area contributed by atoms with Gasteiger partial charge in [0.1, 0.15) is 5.75 Å². The predicted molar refractivity (Wildman–Crippen MR) is 166 cm³/mol. The summed E-state index contributed by atoms with van der Waals surface area (Å²) in [5.74, 6) is 2.67. The van der Waals surface area contributed by atoms with Crippen molar-refractivity contribution in [1.29, 1.82) is 0 Å². The van der Waals surface area contributed by atoms with Gasteiger partial charge >= 0.3 is 11.8 Å². The van der Waals surface area contributed by atoms with Crippen molar-refractivity contribution in [2.45, 2.75) is 44.1 Å². The minimum absolute atomic E-state index is 0.0840. The molecule has 1 aliphatic heterocycles. The third-order valence-electron chi connectivity index (χ3n) is 7.06. The molecule has 2 aromatic carbocycles. The molecule has 1 N–H and O–H groups in total. The number of terminal acetylenes is 1. The Labute approximate surface area is 272 Å². The highest BCUT2D eigenvalue weighted by Crippen LogP contribution is 2.52. The average Bonchev–Trinajstić information content (AvgIpc) is 3.88. The third kappa shape index (κ3) is 12.0. The van der Waals surface area contributed by atoms with E-state index in [-0.39, 0.29) is 49.3 Å². The number of rotatable bonds is 22. The van der Waals surface area contributed by atoms with Crippen molar-refractivity contribution >= 4 is 18.2 Å². The molecule has 0 aromatic heterocycles. The van der Waals surface area contributed by atoms with E-state index < -0.39 is 11.8 Å². The number of hydrogen-bond donors (Lipinski definition) is 1. The fraction of sp³-hybridized carbons (Fsp3) is 0.485. The molecule has 0 unspecified atom stereocenters. The molecular formula is C33H40F3N5O6. The molecule has 0 saturated carbocycles. The van der Waals surface area contributed by atoms with Gasteiger partial charge in [-0.3, -0.25) is 14.4 Å². The first-order valence-electron chi connectivity index (χ1n) is 15.2. The summed E-state index contributed by atoms with van der Waals surface area (Å²) in [4.78, 5) is 38.9. The molecular weight excluding hydrogens is 619 g/mol. The minimum Gasteiger partial charge on any atom is -0.494 e. The summed E-state index contributed by atoms with van der Waals surface area (Å²) in [6.45, 7) is 2.76. The van der Waals surface area contributed by atoms with Gasteiger partial charge in [0, 0.05) is 57.2 Å². The van der Waals surface area contributed by atoms with Crippen LogP contribution >= 0.6 is 0 Å². The van der Waals surface area contributed by atoms with Crippen molar-refractivity contribution in [2.75, 3.05) is 59.7 Å². The number of hydrogen-bond acceptors (Lipinski definition) is 8. The number of amides is 3. The van der Waals surface area contributed by atoms with Crippen LogP contribution in [0.2, 0.25) is 0 Å². The van der Waals surface area contributed by atoms with E-state index in [2.05, 4.69) is 21.5 Å². The van der Waals surface area contributed by atoms with Crippen molar-refractivity contribution in [3.05, 3.63) is 65.2 Å². The van der Waals surface area contributed by atoms with Crippen molar-refractivity contribution < 1.29 is 41.8 Å². The minimum atomic E-state index is -4.66. The third-order valence-corrected chi connectivity index (χ3v) is 7.06. The zero-order valence-corrected chi connectivity index (χ0v) is 26.3. The monoisotopic (exact) mass is 659 g/mol. The lowest BCUT2D eigenvalue weighted by molar-refractivity contribution is -0.166.